The molecule has 0 atom stereocenters. The third-order valence-electron chi connectivity index (χ3n) is 3.67. The molecule has 1 N–H and O–H groups in total. The summed E-state index contributed by atoms with van der Waals surface area (Å²) in [5, 5.41) is 1.17. The number of rotatable bonds is 16. The van der Waals surface area contributed by atoms with E-state index >= 15 is 0 Å². The smallest absolute Gasteiger partial charge is 0.224 e. The van der Waals surface area contributed by atoms with Crippen molar-refractivity contribution in [2.24, 2.45) is 0 Å². The highest BCUT2D eigenvalue weighted by atomic mass is 79.9. The molecule has 0 aliphatic rings. The van der Waals surface area contributed by atoms with Gasteiger partial charge in [-0.05, 0) is 12.5 Å². The molecule has 0 rings (SSSR count). The second-order valence-corrected chi connectivity index (χ2v) is 7.16. The number of halogens is 1. The van der Waals surface area contributed by atoms with Gasteiger partial charge >= 0.3 is 0 Å². The lowest BCUT2D eigenvalue weighted by atomic mass is 10.0. The van der Waals surface area contributed by atoms with E-state index in [0.717, 1.165) is 6.04 Å². The van der Waals surface area contributed by atoms with Crippen molar-refractivity contribution in [3.63, 3.8) is 0 Å². The summed E-state index contributed by atoms with van der Waals surface area (Å²) in [7, 11) is 0.167. The maximum absolute atomic E-state index is 8.70. The fraction of sp³-hybridized carbons (Fsp3) is 1.00. The van der Waals surface area contributed by atoms with Crippen LogP contribution in [0.4, 0.5) is 0 Å². The minimum Gasteiger partial charge on any atom is -0.432 e. The lowest BCUT2D eigenvalue weighted by Gasteiger charge is -2.03. The van der Waals surface area contributed by atoms with E-state index in [4.69, 9.17) is 4.80 Å². The van der Waals surface area contributed by atoms with Crippen molar-refractivity contribution in [1.29, 1.82) is 0 Å². The molecule has 3 heteroatoms. The van der Waals surface area contributed by atoms with Crippen molar-refractivity contribution in [1.82, 2.24) is 0 Å². The van der Waals surface area contributed by atoms with Gasteiger partial charge in [0.1, 0.15) is 0 Å². The van der Waals surface area contributed by atoms with Gasteiger partial charge in [0, 0.05) is 5.33 Å². The minimum atomic E-state index is 0.167. The van der Waals surface area contributed by atoms with Crippen molar-refractivity contribution in [3.05, 3.63) is 0 Å². The summed E-state index contributed by atoms with van der Waals surface area (Å²) in [5.74, 6) is 0. The Hall–Kier alpha value is 0.657. The van der Waals surface area contributed by atoms with Gasteiger partial charge in [-0.3, -0.25) is 0 Å². The van der Waals surface area contributed by atoms with E-state index in [1.54, 1.807) is 0 Å². The Kier molecular flexibility index (Phi) is 19.3. The van der Waals surface area contributed by atoms with Crippen LogP contribution in [0.25, 0.3) is 0 Å². The summed E-state index contributed by atoms with van der Waals surface area (Å²) < 4.78 is 0. The van der Waals surface area contributed by atoms with Gasteiger partial charge in [-0.25, -0.2) is 0 Å². The first-order chi connectivity index (χ1) is 9.41. The van der Waals surface area contributed by atoms with Crippen LogP contribution in [0.15, 0.2) is 0 Å². The maximum Gasteiger partial charge on any atom is 0.224 e. The van der Waals surface area contributed by atoms with E-state index in [-0.39, 0.29) is 9.76 Å². The molecule has 0 saturated carbocycles. The molecule has 0 aromatic heterocycles. The van der Waals surface area contributed by atoms with Crippen molar-refractivity contribution in [3.8, 4) is 0 Å². The fourth-order valence-electron chi connectivity index (χ4n) is 2.42. The third-order valence-corrected chi connectivity index (χ3v) is 4.81. The Morgan fingerprint density at radius 2 is 0.842 bits per heavy atom. The molecule has 2 radical (unpaired) electrons. The number of hydrogen-bond donors (Lipinski definition) is 1. The van der Waals surface area contributed by atoms with Crippen molar-refractivity contribution >= 4 is 25.7 Å². The van der Waals surface area contributed by atoms with Crippen LogP contribution in [0.3, 0.4) is 0 Å². The van der Waals surface area contributed by atoms with Crippen molar-refractivity contribution in [2.45, 2.75) is 95.9 Å². The zero-order chi connectivity index (χ0) is 14.0. The standard InChI is InChI=1S/C16H33BrOSi/c17-15-13-11-9-7-5-3-1-2-4-6-8-10-12-14-16-19-18/h18H,1-16H2. The summed E-state index contributed by atoms with van der Waals surface area (Å²) in [5.41, 5.74) is 0. The van der Waals surface area contributed by atoms with E-state index in [0.29, 0.717) is 0 Å². The van der Waals surface area contributed by atoms with Gasteiger partial charge in [0.2, 0.25) is 9.76 Å². The van der Waals surface area contributed by atoms with Crippen LogP contribution in [0.5, 0.6) is 0 Å². The average Bonchev–Trinajstić information content (AvgIpc) is 2.43. The second-order valence-electron chi connectivity index (χ2n) is 5.55. The molecule has 19 heavy (non-hydrogen) atoms. The van der Waals surface area contributed by atoms with Crippen molar-refractivity contribution in [2.75, 3.05) is 5.33 Å². The summed E-state index contributed by atoms with van der Waals surface area (Å²) in [6, 6.07) is 1.02. The average molecular weight is 349 g/mol. The lowest BCUT2D eigenvalue weighted by molar-refractivity contribution is 0.536. The van der Waals surface area contributed by atoms with Crippen LogP contribution in [-0.2, 0) is 0 Å². The molecular weight excluding hydrogens is 316 g/mol. The van der Waals surface area contributed by atoms with Crippen LogP contribution < -0.4 is 0 Å². The van der Waals surface area contributed by atoms with Crippen LogP contribution >= 0.6 is 15.9 Å². The molecule has 0 spiro atoms. The van der Waals surface area contributed by atoms with E-state index in [9.17, 15) is 0 Å². The molecule has 0 fully saturated rings. The SMILES string of the molecule is O[Si]CCCCCCCCCCCCCCCCBr. The Bertz CT molecular complexity index is 140. The zero-order valence-corrected chi connectivity index (χ0v) is 15.2. The van der Waals surface area contributed by atoms with E-state index in [1.807, 2.05) is 0 Å². The monoisotopic (exact) mass is 348 g/mol. The van der Waals surface area contributed by atoms with Gasteiger partial charge in [0.05, 0.1) is 0 Å². The molecule has 0 saturated heterocycles. The maximum atomic E-state index is 8.70. The molecule has 0 unspecified atom stereocenters. The van der Waals surface area contributed by atoms with Crippen LogP contribution in [0.2, 0.25) is 6.04 Å². The Balaban J connectivity index is 2.88. The first-order valence-corrected chi connectivity index (χ1v) is 10.6. The van der Waals surface area contributed by atoms with E-state index < -0.39 is 0 Å². The number of unbranched alkanes of at least 4 members (excludes halogenated alkanes) is 13. The van der Waals surface area contributed by atoms with Crippen LogP contribution in [0.1, 0.15) is 89.9 Å². The van der Waals surface area contributed by atoms with Crippen LogP contribution in [0, 0.1) is 0 Å². The summed E-state index contributed by atoms with van der Waals surface area (Å²) in [6.45, 7) is 0. The normalized spacial score (nSPS) is 11.1. The zero-order valence-electron chi connectivity index (χ0n) is 12.6. The molecule has 0 aliphatic heterocycles. The first-order valence-electron chi connectivity index (χ1n) is 8.34. The Morgan fingerprint density at radius 3 is 1.16 bits per heavy atom. The van der Waals surface area contributed by atoms with Crippen molar-refractivity contribution < 1.29 is 4.80 Å². The quantitative estimate of drug-likeness (QED) is 0.210. The molecule has 0 amide bonds. The second kappa shape index (κ2) is 18.7. The highest BCUT2D eigenvalue weighted by Gasteiger charge is 1.94. The highest BCUT2D eigenvalue weighted by Crippen LogP contribution is 2.13. The lowest BCUT2D eigenvalue weighted by Crippen LogP contribution is -1.86. The van der Waals surface area contributed by atoms with E-state index in [2.05, 4.69) is 15.9 Å². The van der Waals surface area contributed by atoms with Gasteiger partial charge in [-0.2, -0.15) is 0 Å². The number of alkyl halides is 1. The Morgan fingerprint density at radius 1 is 0.526 bits per heavy atom. The predicted molar refractivity (Wildman–Crippen MR) is 91.2 cm³/mol. The predicted octanol–water partition coefficient (Wildman–Crippen LogP) is 5.87. The van der Waals surface area contributed by atoms with Gasteiger partial charge in [-0.15, -0.1) is 0 Å². The highest BCUT2D eigenvalue weighted by molar-refractivity contribution is 9.09. The van der Waals surface area contributed by atoms with Gasteiger partial charge in [0.15, 0.2) is 0 Å². The van der Waals surface area contributed by atoms with Gasteiger partial charge < -0.3 is 4.80 Å². The van der Waals surface area contributed by atoms with Gasteiger partial charge in [-0.1, -0.05) is 99.4 Å². The minimum absolute atomic E-state index is 0.167. The molecule has 114 valence electrons. The summed E-state index contributed by atoms with van der Waals surface area (Å²) in [6.07, 6.45) is 19.6. The number of hydrogen-bond acceptors (Lipinski definition) is 1. The molecule has 0 aliphatic carbocycles. The fourth-order valence-corrected chi connectivity index (χ4v) is 3.22. The molecule has 0 heterocycles. The largest absolute Gasteiger partial charge is 0.432 e. The molecule has 0 bridgehead atoms. The topological polar surface area (TPSA) is 20.2 Å². The Labute approximate surface area is 132 Å². The molecule has 1 nitrogen and oxygen atoms in total. The summed E-state index contributed by atoms with van der Waals surface area (Å²) in [4.78, 5) is 8.70. The third kappa shape index (κ3) is 18.7. The first kappa shape index (κ1) is 19.7. The van der Waals surface area contributed by atoms with Gasteiger partial charge in [0.25, 0.3) is 0 Å². The molecule has 0 aromatic carbocycles. The molecule has 0 aromatic rings. The van der Waals surface area contributed by atoms with E-state index in [1.165, 1.54) is 95.2 Å². The van der Waals surface area contributed by atoms with Crippen LogP contribution in [-0.4, -0.2) is 19.9 Å². The molecular formula is C16H33BrOSi. The summed E-state index contributed by atoms with van der Waals surface area (Å²) >= 11 is 3.48.